The Kier molecular flexibility index (Phi) is 8.86. The second-order valence-corrected chi connectivity index (χ2v) is 12.0. The average Bonchev–Trinajstić information content (AvgIpc) is 3.13. The van der Waals surface area contributed by atoms with Crippen LogP contribution < -0.4 is 30.4 Å². The maximum Gasteiger partial charge on any atom is 0.270 e. The minimum atomic E-state index is -0.771. The first-order valence-corrected chi connectivity index (χ1v) is 16.0. The number of piperidine rings is 1. The summed E-state index contributed by atoms with van der Waals surface area (Å²) in [7, 11) is 1.52. The lowest BCUT2D eigenvalue weighted by molar-refractivity contribution is -0.123. The van der Waals surface area contributed by atoms with Crippen molar-refractivity contribution in [1.82, 2.24) is 24.9 Å². The molecule has 7 rings (SSSR count). The molecule has 1 saturated heterocycles. The monoisotopic (exact) mass is 677 g/mol. The zero-order chi connectivity index (χ0) is 34.8. The van der Waals surface area contributed by atoms with E-state index in [9.17, 15) is 23.6 Å². The first-order chi connectivity index (χ1) is 24.2. The highest BCUT2D eigenvalue weighted by molar-refractivity contribution is 5.97. The first-order valence-electron chi connectivity index (χ1n) is 16.0. The fraction of sp³-hybridized carbons (Fsp3) is 0.216. The SMILES string of the molecule is COc1ccc2cc1-c1cccc(c1)OCC(=O)NCc1cc(F)cc(c1)O[C@@H]1CCN(C(=O)c3cnc4ccccn4c3=O)C[C@H]1NC2=O. The standard InChI is InChI=1S/C37H32FN5O7/c1-48-31-9-8-24-16-28(31)23-5-4-6-26(15-23)49-21-34(44)40-18-22-13-25(38)17-27(14-22)50-32-10-12-42(20-30(32)41-35(24)45)36(46)29-19-39-33-7-2-3-11-43(33)37(29)47/h2-9,11,13-17,19,30,32H,10,12,18,20-21H2,1H3,(H,40,44)(H,41,45)/t30-,32-/m1/s1. The fourth-order valence-electron chi connectivity index (χ4n) is 6.18. The van der Waals surface area contributed by atoms with Crippen molar-refractivity contribution >= 4 is 23.4 Å². The number of amides is 3. The van der Waals surface area contributed by atoms with E-state index >= 15 is 0 Å². The van der Waals surface area contributed by atoms with Crippen LogP contribution in [-0.4, -0.2) is 71.0 Å². The van der Waals surface area contributed by atoms with Gasteiger partial charge in [0.15, 0.2) is 6.61 Å². The Morgan fingerprint density at radius 1 is 0.980 bits per heavy atom. The molecule has 5 aromatic rings. The van der Waals surface area contributed by atoms with E-state index in [2.05, 4.69) is 15.6 Å². The Labute approximate surface area is 285 Å². The van der Waals surface area contributed by atoms with E-state index in [4.69, 9.17) is 14.2 Å². The number of carbonyl (C=O) groups is 3. The van der Waals surface area contributed by atoms with Gasteiger partial charge in [0.05, 0.1) is 13.2 Å². The van der Waals surface area contributed by atoms with E-state index < -0.39 is 41.2 Å². The van der Waals surface area contributed by atoms with Gasteiger partial charge in [0.1, 0.15) is 40.4 Å². The van der Waals surface area contributed by atoms with Gasteiger partial charge in [0.25, 0.3) is 23.3 Å². The van der Waals surface area contributed by atoms with Gasteiger partial charge in [-0.05, 0) is 65.7 Å². The van der Waals surface area contributed by atoms with Crippen molar-refractivity contribution in [3.8, 4) is 28.4 Å². The van der Waals surface area contributed by atoms with Crippen LogP contribution in [0.2, 0.25) is 0 Å². The van der Waals surface area contributed by atoms with Crippen LogP contribution in [0.5, 0.6) is 17.2 Å². The molecule has 50 heavy (non-hydrogen) atoms. The number of halogens is 1. The van der Waals surface area contributed by atoms with Crippen LogP contribution in [0.15, 0.2) is 96.1 Å². The van der Waals surface area contributed by atoms with Crippen LogP contribution in [0, 0.1) is 5.82 Å². The topological polar surface area (TPSA) is 141 Å². The minimum absolute atomic E-state index is 0.00714. The largest absolute Gasteiger partial charge is 0.496 e. The highest BCUT2D eigenvalue weighted by atomic mass is 19.1. The van der Waals surface area contributed by atoms with E-state index in [1.54, 1.807) is 66.9 Å². The van der Waals surface area contributed by atoms with Crippen molar-refractivity contribution in [1.29, 1.82) is 0 Å². The molecule has 2 aliphatic rings. The van der Waals surface area contributed by atoms with Gasteiger partial charge in [-0.1, -0.05) is 18.2 Å². The molecule has 2 aromatic heterocycles. The molecule has 3 aromatic carbocycles. The van der Waals surface area contributed by atoms with Crippen molar-refractivity contribution in [2.75, 3.05) is 26.8 Å². The molecule has 254 valence electrons. The van der Waals surface area contributed by atoms with Crippen LogP contribution >= 0.6 is 0 Å². The highest BCUT2D eigenvalue weighted by Crippen LogP contribution is 2.33. The number of fused-ring (bicyclic) bond motifs is 9. The maximum absolute atomic E-state index is 14.8. The normalized spacial score (nSPS) is 17.8. The number of benzene rings is 3. The summed E-state index contributed by atoms with van der Waals surface area (Å²) in [5, 5.41) is 5.76. The van der Waals surface area contributed by atoms with Crippen LogP contribution in [0.4, 0.5) is 4.39 Å². The number of likely N-dealkylation sites (tertiary alicyclic amines) is 1. The fourth-order valence-corrected chi connectivity index (χ4v) is 6.18. The summed E-state index contributed by atoms with van der Waals surface area (Å²) in [6, 6.07) is 20.4. The van der Waals surface area contributed by atoms with Crippen LogP contribution in [0.1, 0.15) is 32.7 Å². The van der Waals surface area contributed by atoms with Crippen LogP contribution in [-0.2, 0) is 11.3 Å². The first kappa shape index (κ1) is 32.3. The quantitative estimate of drug-likeness (QED) is 0.289. The second kappa shape index (κ2) is 13.7. The van der Waals surface area contributed by atoms with Crippen molar-refractivity contribution in [3.63, 3.8) is 0 Å². The number of pyridine rings is 1. The molecule has 13 heteroatoms. The van der Waals surface area contributed by atoms with Crippen molar-refractivity contribution < 1.29 is 33.0 Å². The Morgan fingerprint density at radius 3 is 2.72 bits per heavy atom. The number of hydrogen-bond acceptors (Lipinski definition) is 8. The number of rotatable bonds is 2. The Hall–Kier alpha value is -6.24. The molecule has 0 aliphatic carbocycles. The molecule has 0 radical (unpaired) electrons. The number of methoxy groups -OCH3 is 1. The minimum Gasteiger partial charge on any atom is -0.496 e. The maximum atomic E-state index is 14.8. The molecular formula is C37H32FN5O7. The highest BCUT2D eigenvalue weighted by Gasteiger charge is 2.36. The lowest BCUT2D eigenvalue weighted by atomic mass is 9.98. The van der Waals surface area contributed by atoms with Gasteiger partial charge in [0, 0.05) is 55.6 Å². The zero-order valence-electron chi connectivity index (χ0n) is 26.9. The molecule has 0 saturated carbocycles. The number of nitrogens with one attached hydrogen (secondary N) is 2. The van der Waals surface area contributed by atoms with E-state index in [0.717, 1.165) is 0 Å². The van der Waals surface area contributed by atoms with Gasteiger partial charge >= 0.3 is 0 Å². The Bertz CT molecular complexity index is 2190. The van der Waals surface area contributed by atoms with E-state index in [-0.39, 0.29) is 44.0 Å². The zero-order valence-corrected chi connectivity index (χ0v) is 26.9. The summed E-state index contributed by atoms with van der Waals surface area (Å²) in [6.07, 6.45) is 2.37. The van der Waals surface area contributed by atoms with Crippen molar-refractivity contribution in [3.05, 3.63) is 124 Å². The predicted octanol–water partition coefficient (Wildman–Crippen LogP) is 3.61. The smallest absolute Gasteiger partial charge is 0.270 e. The van der Waals surface area contributed by atoms with Crippen LogP contribution in [0.3, 0.4) is 0 Å². The molecule has 0 spiro atoms. The summed E-state index contributed by atoms with van der Waals surface area (Å²) in [6.45, 7) is -0.0782. The molecule has 3 amide bonds. The third kappa shape index (κ3) is 6.70. The lowest BCUT2D eigenvalue weighted by Gasteiger charge is -2.38. The number of nitrogens with zero attached hydrogens (tertiary/aromatic N) is 3. The van der Waals surface area contributed by atoms with Gasteiger partial charge in [-0.15, -0.1) is 0 Å². The van der Waals surface area contributed by atoms with Gasteiger partial charge in [-0.2, -0.15) is 0 Å². The van der Waals surface area contributed by atoms with Gasteiger partial charge < -0.3 is 29.7 Å². The molecule has 2 atom stereocenters. The van der Waals surface area contributed by atoms with Crippen molar-refractivity contribution in [2.24, 2.45) is 0 Å². The third-order valence-electron chi connectivity index (χ3n) is 8.68. The predicted molar refractivity (Wildman–Crippen MR) is 180 cm³/mol. The van der Waals surface area contributed by atoms with E-state index in [0.29, 0.717) is 39.4 Å². The van der Waals surface area contributed by atoms with Crippen molar-refractivity contribution in [2.45, 2.75) is 25.1 Å². The summed E-state index contributed by atoms with van der Waals surface area (Å²) < 4.78 is 33.7. The average molecular weight is 678 g/mol. The molecule has 2 aliphatic heterocycles. The van der Waals surface area contributed by atoms with Gasteiger partial charge in [-0.3, -0.25) is 23.6 Å². The van der Waals surface area contributed by atoms with E-state index in [1.165, 1.54) is 34.7 Å². The molecular weight excluding hydrogens is 645 g/mol. The molecule has 12 nitrogen and oxygen atoms in total. The van der Waals surface area contributed by atoms with Crippen LogP contribution in [0.25, 0.3) is 16.8 Å². The number of hydrogen-bond donors (Lipinski definition) is 2. The number of carbonyl (C=O) groups excluding carboxylic acids is 3. The molecule has 1 fully saturated rings. The lowest BCUT2D eigenvalue weighted by Crippen LogP contribution is -2.58. The van der Waals surface area contributed by atoms with E-state index in [1.807, 2.05) is 6.07 Å². The second-order valence-electron chi connectivity index (χ2n) is 12.0. The number of ether oxygens (including phenoxy) is 3. The molecule has 0 unspecified atom stereocenters. The summed E-state index contributed by atoms with van der Waals surface area (Å²) >= 11 is 0. The molecule has 2 N–H and O–H groups in total. The summed E-state index contributed by atoms with van der Waals surface area (Å²) in [5.74, 6) is -0.857. The van der Waals surface area contributed by atoms with Gasteiger partial charge in [-0.25, -0.2) is 9.37 Å². The Balaban J connectivity index is 1.25. The van der Waals surface area contributed by atoms with Gasteiger partial charge in [0.2, 0.25) is 0 Å². The summed E-state index contributed by atoms with van der Waals surface area (Å²) in [5.41, 5.74) is 1.83. The third-order valence-corrected chi connectivity index (χ3v) is 8.68. The molecule has 6 bridgehead atoms. The molecule has 4 heterocycles. The Morgan fingerprint density at radius 2 is 1.86 bits per heavy atom. The summed E-state index contributed by atoms with van der Waals surface area (Å²) in [4.78, 5) is 59.3. The number of aromatic nitrogens is 2.